The van der Waals surface area contributed by atoms with Crippen molar-refractivity contribution in [1.82, 2.24) is 5.01 Å². The zero-order valence-electron chi connectivity index (χ0n) is 37.6. The van der Waals surface area contributed by atoms with Crippen molar-refractivity contribution in [2.45, 2.75) is 134 Å². The van der Waals surface area contributed by atoms with Gasteiger partial charge in [0.25, 0.3) is 11.0 Å². The van der Waals surface area contributed by atoms with E-state index >= 15 is 0 Å². The first-order chi connectivity index (χ1) is 28.2. The van der Waals surface area contributed by atoms with Crippen LogP contribution in [0.15, 0.2) is 95.0 Å². The van der Waals surface area contributed by atoms with Crippen LogP contribution in [0.2, 0.25) is 0 Å². The lowest BCUT2D eigenvalue weighted by atomic mass is 9.92. The second kappa shape index (κ2) is 28.7. The van der Waals surface area contributed by atoms with Crippen molar-refractivity contribution < 1.29 is 19.2 Å². The third kappa shape index (κ3) is 17.5. The highest BCUT2D eigenvalue weighted by atomic mass is 35.5. The fourth-order valence-electron chi connectivity index (χ4n) is 6.89. The molecule has 4 aromatic rings. The molecule has 9 heteroatoms. The summed E-state index contributed by atoms with van der Waals surface area (Å²) in [7, 11) is 0. The number of halogens is 2. The van der Waals surface area contributed by atoms with E-state index in [-0.39, 0.29) is 19.0 Å². The lowest BCUT2D eigenvalue weighted by Crippen LogP contribution is -2.34. The summed E-state index contributed by atoms with van der Waals surface area (Å²) in [6.07, 6.45) is 7.98. The van der Waals surface area contributed by atoms with Gasteiger partial charge in [-0.15, -0.1) is 12.4 Å². The molecular formula is C51H67Cl2N3O4. The fraction of sp³-hybridized carbons (Fsp3) is 0.412. The summed E-state index contributed by atoms with van der Waals surface area (Å²) in [4.78, 5) is 53.8. The van der Waals surface area contributed by atoms with Crippen LogP contribution in [-0.4, -0.2) is 45.7 Å². The SMILES string of the molecule is CCCC(C)=NCCc1ccccc1.CCCC(C)=NN(Cc1ccccc1)C(=O)C(=O)c1c(CC)cc(C)cc1CC.CCc1cc(C)cc(CC)c1C(=O)C(=O)Cl.Cl. The maximum atomic E-state index is 13.3. The van der Waals surface area contributed by atoms with Crippen LogP contribution in [0, 0.1) is 13.8 Å². The van der Waals surface area contributed by atoms with E-state index < -0.39 is 22.7 Å². The summed E-state index contributed by atoms with van der Waals surface area (Å²) >= 11 is 5.27. The number of hydrazone groups is 1. The molecule has 7 nitrogen and oxygen atoms in total. The first kappa shape index (κ1) is 53.3. The van der Waals surface area contributed by atoms with E-state index in [1.807, 2.05) is 103 Å². The van der Waals surface area contributed by atoms with Gasteiger partial charge in [-0.3, -0.25) is 24.2 Å². The van der Waals surface area contributed by atoms with Crippen molar-refractivity contribution in [3.63, 3.8) is 0 Å². The zero-order valence-corrected chi connectivity index (χ0v) is 39.2. The fourth-order valence-corrected chi connectivity index (χ4v) is 6.99. The van der Waals surface area contributed by atoms with Crippen LogP contribution in [0.25, 0.3) is 0 Å². The second-order valence-corrected chi connectivity index (χ2v) is 15.1. The number of Topliss-reactive ketones (excluding diaryl/α,β-unsaturated/α-hetero) is 2. The zero-order chi connectivity index (χ0) is 43.9. The molecule has 4 aromatic carbocycles. The second-order valence-electron chi connectivity index (χ2n) is 14.8. The van der Waals surface area contributed by atoms with Crippen LogP contribution in [0.3, 0.4) is 0 Å². The molecule has 60 heavy (non-hydrogen) atoms. The number of benzene rings is 4. The van der Waals surface area contributed by atoms with Gasteiger partial charge in [0.05, 0.1) is 6.54 Å². The Morgan fingerprint density at radius 1 is 0.583 bits per heavy atom. The lowest BCUT2D eigenvalue weighted by Gasteiger charge is -2.20. The topological polar surface area (TPSA) is 96.2 Å². The van der Waals surface area contributed by atoms with E-state index in [9.17, 15) is 19.2 Å². The van der Waals surface area contributed by atoms with Gasteiger partial charge in [-0.05, 0) is 118 Å². The van der Waals surface area contributed by atoms with Crippen LogP contribution in [0.1, 0.15) is 146 Å². The highest BCUT2D eigenvalue weighted by Gasteiger charge is 2.28. The van der Waals surface area contributed by atoms with Crippen molar-refractivity contribution in [2.75, 3.05) is 6.54 Å². The quantitative estimate of drug-likeness (QED) is 0.0327. The Morgan fingerprint density at radius 2 is 0.983 bits per heavy atom. The van der Waals surface area contributed by atoms with Crippen molar-refractivity contribution >= 4 is 58.1 Å². The van der Waals surface area contributed by atoms with Crippen LogP contribution >= 0.6 is 24.0 Å². The molecule has 0 spiro atoms. The number of rotatable bonds is 18. The van der Waals surface area contributed by atoms with E-state index in [4.69, 9.17) is 11.6 Å². The highest BCUT2D eigenvalue weighted by molar-refractivity contribution is 6.83. The number of amides is 1. The van der Waals surface area contributed by atoms with E-state index in [0.717, 1.165) is 89.7 Å². The first-order valence-electron chi connectivity index (χ1n) is 21.2. The predicted molar refractivity (Wildman–Crippen MR) is 255 cm³/mol. The standard InChI is InChI=1S/C25H32N2O2.C13H15ClO2.C13H19N.ClH/c1-6-12-19(5)26-27(17-20-13-10-9-11-14-20)25(29)24(28)23-21(7-2)15-18(4)16-22(23)8-3;1-4-9-6-8(3)7-10(5-2)11(9)12(15)13(14)16;1-3-7-12(2)14-11-10-13-8-5-4-6-9-13;/h9-11,13-16H,6-8,12,17H2,1-5H3;6-7H,4-5H2,1-3H3;4-6,8-9H,3,7,10-11H2,1-2H3;1H. The molecule has 0 bridgehead atoms. The summed E-state index contributed by atoms with van der Waals surface area (Å²) in [5.74, 6) is -1.63. The van der Waals surface area contributed by atoms with Crippen molar-refractivity contribution in [1.29, 1.82) is 0 Å². The number of aryl methyl sites for hydroxylation is 6. The maximum Gasteiger partial charge on any atom is 0.315 e. The van der Waals surface area contributed by atoms with Crippen molar-refractivity contribution in [3.05, 3.63) is 141 Å². The maximum absolute atomic E-state index is 13.3. The molecular weight excluding hydrogens is 789 g/mol. The minimum atomic E-state index is -0.909. The number of ketones is 2. The van der Waals surface area contributed by atoms with Gasteiger partial charge in [0.1, 0.15) is 0 Å². The van der Waals surface area contributed by atoms with Crippen LogP contribution in [0.5, 0.6) is 0 Å². The molecule has 0 radical (unpaired) electrons. The number of hydrogen-bond donors (Lipinski definition) is 0. The highest BCUT2D eigenvalue weighted by Crippen LogP contribution is 2.23. The lowest BCUT2D eigenvalue weighted by molar-refractivity contribution is -0.127. The Bertz CT molecular complexity index is 1990. The Morgan fingerprint density at radius 3 is 1.38 bits per heavy atom. The molecule has 0 fully saturated rings. The molecule has 0 saturated heterocycles. The summed E-state index contributed by atoms with van der Waals surface area (Å²) in [6.45, 7) is 21.4. The number of carbonyl (C=O) groups is 4. The Kier molecular flexibility index (Phi) is 25.5. The largest absolute Gasteiger partial charge is 0.315 e. The minimum absolute atomic E-state index is 0. The minimum Gasteiger partial charge on any atom is -0.294 e. The molecule has 0 aromatic heterocycles. The summed E-state index contributed by atoms with van der Waals surface area (Å²) in [6, 6.07) is 28.1. The Balaban J connectivity index is 0.000000491. The van der Waals surface area contributed by atoms with Gasteiger partial charge in [0, 0.05) is 29.1 Å². The average Bonchev–Trinajstić information content (AvgIpc) is 3.23. The van der Waals surface area contributed by atoms with Gasteiger partial charge in [0.15, 0.2) is 0 Å². The number of carbonyl (C=O) groups excluding carboxylic acids is 4. The van der Waals surface area contributed by atoms with E-state index in [1.165, 1.54) is 22.7 Å². The van der Waals surface area contributed by atoms with Gasteiger partial charge in [-0.2, -0.15) is 5.10 Å². The Labute approximate surface area is 371 Å². The smallest absolute Gasteiger partial charge is 0.294 e. The first-order valence-corrected chi connectivity index (χ1v) is 21.6. The molecule has 0 unspecified atom stereocenters. The van der Waals surface area contributed by atoms with E-state index in [1.54, 1.807) is 0 Å². The molecule has 0 aliphatic rings. The predicted octanol–water partition coefficient (Wildman–Crippen LogP) is 12.5. The van der Waals surface area contributed by atoms with Crippen molar-refractivity contribution in [3.8, 4) is 0 Å². The van der Waals surface area contributed by atoms with Gasteiger partial charge < -0.3 is 0 Å². The third-order valence-corrected chi connectivity index (χ3v) is 9.96. The molecule has 0 atom stereocenters. The summed E-state index contributed by atoms with van der Waals surface area (Å²) < 4.78 is 0. The van der Waals surface area contributed by atoms with Gasteiger partial charge in [0.2, 0.25) is 5.78 Å². The number of hydrogen-bond acceptors (Lipinski definition) is 6. The molecule has 0 aliphatic carbocycles. The Hall–Kier alpha value is -4.72. The van der Waals surface area contributed by atoms with E-state index in [0.29, 0.717) is 24.0 Å². The molecule has 0 aliphatic heterocycles. The molecule has 0 N–H and O–H groups in total. The average molecular weight is 857 g/mol. The molecule has 324 valence electrons. The van der Waals surface area contributed by atoms with Crippen molar-refractivity contribution in [2.24, 2.45) is 10.1 Å². The van der Waals surface area contributed by atoms with E-state index in [2.05, 4.69) is 61.2 Å². The third-order valence-electron chi connectivity index (χ3n) is 9.79. The molecule has 4 rings (SSSR count). The molecule has 1 amide bonds. The monoisotopic (exact) mass is 855 g/mol. The van der Waals surface area contributed by atoms with Crippen LogP contribution in [0.4, 0.5) is 0 Å². The normalized spacial score (nSPS) is 11.0. The van der Waals surface area contributed by atoms with Gasteiger partial charge in [-0.1, -0.05) is 150 Å². The van der Waals surface area contributed by atoms with Gasteiger partial charge >= 0.3 is 5.91 Å². The molecule has 0 saturated carbocycles. The summed E-state index contributed by atoms with van der Waals surface area (Å²) in [5, 5.41) is 4.94. The number of nitrogens with zero attached hydrogens (tertiary/aromatic N) is 3. The van der Waals surface area contributed by atoms with Gasteiger partial charge in [-0.25, -0.2) is 5.01 Å². The summed E-state index contributed by atoms with van der Waals surface area (Å²) in [5.41, 5.74) is 11.4. The van der Waals surface area contributed by atoms with Crippen LogP contribution < -0.4 is 0 Å². The number of aliphatic imine (C=N–C) groups is 1. The van der Waals surface area contributed by atoms with Crippen LogP contribution in [-0.2, 0) is 48.2 Å². The molecule has 0 heterocycles.